The summed E-state index contributed by atoms with van der Waals surface area (Å²) >= 11 is 8.97. The summed E-state index contributed by atoms with van der Waals surface area (Å²) in [7, 11) is -3.70. The molecule has 1 aliphatic carbocycles. The molecule has 8 heteroatoms. The zero-order valence-electron chi connectivity index (χ0n) is 10.6. The van der Waals surface area contributed by atoms with Crippen LogP contribution in [0.2, 0.25) is 5.02 Å². The Morgan fingerprint density at radius 3 is 2.55 bits per heavy atom. The Bertz CT molecular complexity index is 658. The maximum absolute atomic E-state index is 12.6. The van der Waals surface area contributed by atoms with Crippen molar-refractivity contribution in [3.05, 3.63) is 27.2 Å². The largest absolute Gasteiger partial charge is 0.478 e. The molecule has 1 fully saturated rings. The van der Waals surface area contributed by atoms with Crippen LogP contribution in [0.1, 0.15) is 30.1 Å². The van der Waals surface area contributed by atoms with Crippen molar-refractivity contribution in [3.8, 4) is 0 Å². The van der Waals surface area contributed by atoms with E-state index in [4.69, 9.17) is 16.7 Å². The first-order valence-electron chi connectivity index (χ1n) is 6.03. The fourth-order valence-corrected chi connectivity index (χ4v) is 4.54. The molecule has 0 aliphatic heterocycles. The molecule has 110 valence electrons. The van der Waals surface area contributed by atoms with Crippen molar-refractivity contribution in [2.45, 2.75) is 30.7 Å². The van der Waals surface area contributed by atoms with E-state index in [1.54, 1.807) is 6.92 Å². The Kier molecular flexibility index (Phi) is 4.44. The van der Waals surface area contributed by atoms with Gasteiger partial charge in [-0.2, -0.15) is 4.31 Å². The maximum atomic E-state index is 12.6. The number of carboxylic acids is 1. The van der Waals surface area contributed by atoms with Crippen LogP contribution in [-0.2, 0) is 10.0 Å². The fraction of sp³-hybridized carbons (Fsp3) is 0.417. The summed E-state index contributed by atoms with van der Waals surface area (Å²) in [5, 5.41) is 9.08. The van der Waals surface area contributed by atoms with Crippen molar-refractivity contribution in [2.75, 3.05) is 6.54 Å². The second-order valence-corrected chi connectivity index (χ2v) is 7.63. The number of hydrogen-bond donors (Lipinski definition) is 1. The fourth-order valence-electron chi connectivity index (χ4n) is 1.99. The minimum Gasteiger partial charge on any atom is -0.478 e. The van der Waals surface area contributed by atoms with E-state index in [0.717, 1.165) is 18.9 Å². The summed E-state index contributed by atoms with van der Waals surface area (Å²) in [4.78, 5) is 11.1. The van der Waals surface area contributed by atoms with Crippen LogP contribution in [0.4, 0.5) is 0 Å². The summed E-state index contributed by atoms with van der Waals surface area (Å²) in [6.07, 6.45) is 1.68. The Morgan fingerprint density at radius 2 is 2.10 bits per heavy atom. The van der Waals surface area contributed by atoms with Crippen LogP contribution in [-0.4, -0.2) is 36.4 Å². The smallest absolute Gasteiger partial charge is 0.337 e. The highest BCUT2D eigenvalue weighted by atomic mass is 79.9. The molecule has 1 saturated carbocycles. The van der Waals surface area contributed by atoms with Crippen LogP contribution in [0.3, 0.4) is 0 Å². The molecule has 0 spiro atoms. The second kappa shape index (κ2) is 5.63. The van der Waals surface area contributed by atoms with Crippen LogP contribution >= 0.6 is 27.5 Å². The van der Waals surface area contributed by atoms with Crippen molar-refractivity contribution < 1.29 is 18.3 Å². The molecule has 1 aliphatic rings. The normalized spacial score (nSPS) is 15.6. The highest BCUT2D eigenvalue weighted by Gasteiger charge is 2.37. The van der Waals surface area contributed by atoms with Gasteiger partial charge in [0, 0.05) is 17.1 Å². The van der Waals surface area contributed by atoms with Crippen molar-refractivity contribution >= 4 is 43.5 Å². The van der Waals surface area contributed by atoms with Gasteiger partial charge < -0.3 is 5.11 Å². The molecule has 5 nitrogen and oxygen atoms in total. The number of benzene rings is 1. The first kappa shape index (κ1) is 15.8. The lowest BCUT2D eigenvalue weighted by atomic mass is 10.2. The molecule has 2 rings (SSSR count). The van der Waals surface area contributed by atoms with Gasteiger partial charge in [-0.1, -0.05) is 18.5 Å². The Morgan fingerprint density at radius 1 is 1.50 bits per heavy atom. The number of halogens is 2. The molecule has 1 aromatic carbocycles. The molecule has 0 atom stereocenters. The zero-order chi connectivity index (χ0) is 15.1. The Hall–Kier alpha value is -0.630. The van der Waals surface area contributed by atoms with E-state index in [1.807, 2.05) is 0 Å². The highest BCUT2D eigenvalue weighted by Crippen LogP contribution is 2.35. The molecule has 0 bridgehead atoms. The lowest BCUT2D eigenvalue weighted by molar-refractivity contribution is 0.0696. The highest BCUT2D eigenvalue weighted by molar-refractivity contribution is 9.10. The van der Waals surface area contributed by atoms with Crippen LogP contribution < -0.4 is 0 Å². The summed E-state index contributed by atoms with van der Waals surface area (Å²) in [6.45, 7) is 2.12. The second-order valence-electron chi connectivity index (χ2n) is 4.51. The van der Waals surface area contributed by atoms with Crippen molar-refractivity contribution in [1.29, 1.82) is 0 Å². The molecule has 0 saturated heterocycles. The van der Waals surface area contributed by atoms with E-state index < -0.39 is 16.0 Å². The molecular formula is C12H13BrClNO4S. The van der Waals surface area contributed by atoms with Gasteiger partial charge in [0.05, 0.1) is 15.5 Å². The van der Waals surface area contributed by atoms with E-state index in [0.29, 0.717) is 6.54 Å². The van der Waals surface area contributed by atoms with Crippen LogP contribution in [0.25, 0.3) is 0 Å². The quantitative estimate of drug-likeness (QED) is 0.849. The third-order valence-corrected chi connectivity index (χ3v) is 6.37. The molecule has 0 heterocycles. The first-order valence-corrected chi connectivity index (χ1v) is 8.64. The van der Waals surface area contributed by atoms with E-state index in [2.05, 4.69) is 15.9 Å². The first-order chi connectivity index (χ1) is 9.28. The standard InChI is InChI=1S/C12H13BrClNO4S/c1-2-15(7-3-4-7)20(18,19)8-5-9(12(16)17)11(14)10(13)6-8/h5-7H,2-4H2,1H3,(H,16,17). The van der Waals surface area contributed by atoms with Crippen LogP contribution in [0, 0.1) is 0 Å². The average molecular weight is 383 g/mol. The maximum Gasteiger partial charge on any atom is 0.337 e. The Balaban J connectivity index is 2.54. The number of hydrogen-bond acceptors (Lipinski definition) is 3. The minimum absolute atomic E-state index is 0.00841. The monoisotopic (exact) mass is 381 g/mol. The Labute approximate surface area is 130 Å². The van der Waals surface area contributed by atoms with Crippen LogP contribution in [0.5, 0.6) is 0 Å². The molecule has 0 aromatic heterocycles. The minimum atomic E-state index is -3.70. The molecule has 20 heavy (non-hydrogen) atoms. The number of carboxylic acid groups (broad SMARTS) is 1. The van der Waals surface area contributed by atoms with Crippen molar-refractivity contribution in [1.82, 2.24) is 4.31 Å². The lowest BCUT2D eigenvalue weighted by Gasteiger charge is -2.20. The molecule has 1 aromatic rings. The van der Waals surface area contributed by atoms with Gasteiger partial charge in [-0.3, -0.25) is 0 Å². The lowest BCUT2D eigenvalue weighted by Crippen LogP contribution is -2.33. The van der Waals surface area contributed by atoms with Gasteiger partial charge in [0.15, 0.2) is 0 Å². The number of aromatic carboxylic acids is 1. The van der Waals surface area contributed by atoms with Gasteiger partial charge in [-0.15, -0.1) is 0 Å². The van der Waals surface area contributed by atoms with Gasteiger partial charge in [-0.25, -0.2) is 13.2 Å². The van der Waals surface area contributed by atoms with Gasteiger partial charge >= 0.3 is 5.97 Å². The van der Waals surface area contributed by atoms with E-state index in [9.17, 15) is 13.2 Å². The predicted molar refractivity (Wildman–Crippen MR) is 78.7 cm³/mol. The number of carbonyl (C=O) groups is 1. The summed E-state index contributed by atoms with van der Waals surface area (Å²) < 4.78 is 26.8. The summed E-state index contributed by atoms with van der Waals surface area (Å²) in [6, 6.07) is 2.47. The van der Waals surface area contributed by atoms with E-state index in [1.165, 1.54) is 10.4 Å². The van der Waals surface area contributed by atoms with Gasteiger partial charge in [0.25, 0.3) is 0 Å². The number of nitrogens with zero attached hydrogens (tertiary/aromatic N) is 1. The topological polar surface area (TPSA) is 74.7 Å². The molecule has 1 N–H and O–H groups in total. The van der Waals surface area contributed by atoms with Crippen molar-refractivity contribution in [2.24, 2.45) is 0 Å². The van der Waals surface area contributed by atoms with Gasteiger partial charge in [-0.05, 0) is 40.9 Å². The van der Waals surface area contributed by atoms with Crippen LogP contribution in [0.15, 0.2) is 21.5 Å². The van der Waals surface area contributed by atoms with E-state index in [-0.39, 0.29) is 26.0 Å². The zero-order valence-corrected chi connectivity index (χ0v) is 13.8. The number of sulfonamides is 1. The van der Waals surface area contributed by atoms with Crippen molar-refractivity contribution in [3.63, 3.8) is 0 Å². The third-order valence-electron chi connectivity index (χ3n) is 3.10. The molecule has 0 amide bonds. The average Bonchev–Trinajstić information content (AvgIpc) is 3.16. The third kappa shape index (κ3) is 2.86. The van der Waals surface area contributed by atoms with Gasteiger partial charge in [0.2, 0.25) is 10.0 Å². The molecule has 0 radical (unpaired) electrons. The SMILES string of the molecule is CCN(C1CC1)S(=O)(=O)c1cc(Br)c(Cl)c(C(=O)O)c1. The number of rotatable bonds is 5. The molecule has 0 unspecified atom stereocenters. The van der Waals surface area contributed by atoms with E-state index >= 15 is 0 Å². The molecular weight excluding hydrogens is 370 g/mol. The summed E-state index contributed by atoms with van der Waals surface area (Å²) in [5.74, 6) is -1.26. The van der Waals surface area contributed by atoms with Gasteiger partial charge in [0.1, 0.15) is 0 Å². The predicted octanol–water partition coefficient (Wildman–Crippen LogP) is 2.97. The summed E-state index contributed by atoms with van der Waals surface area (Å²) in [5.41, 5.74) is -0.230.